The molecule has 2 rings (SSSR count). The second-order valence-electron chi connectivity index (χ2n) is 4.79. The topological polar surface area (TPSA) is 53.0 Å². The number of nitriles is 1. The van der Waals surface area contributed by atoms with E-state index in [1.54, 1.807) is 11.8 Å². The lowest BCUT2D eigenvalue weighted by Crippen LogP contribution is -2.17. The van der Waals surface area contributed by atoms with Gasteiger partial charge in [-0.1, -0.05) is 25.1 Å². The minimum absolute atomic E-state index is 0.745. The average molecular weight is 297 g/mol. The number of benzene rings is 2. The fourth-order valence-corrected chi connectivity index (χ4v) is 2.99. The Hall–Kier alpha value is -2.12. The zero-order chi connectivity index (χ0) is 15.2. The molecule has 0 aliphatic rings. The molecular weight excluding hydrogens is 278 g/mol. The van der Waals surface area contributed by atoms with E-state index in [1.165, 1.54) is 5.56 Å². The molecule has 0 atom stereocenters. The van der Waals surface area contributed by atoms with E-state index in [4.69, 9.17) is 5.73 Å². The summed E-state index contributed by atoms with van der Waals surface area (Å²) in [4.78, 5) is 3.14. The number of nitrogens with two attached hydrogens (primary N) is 1. The Morgan fingerprint density at radius 1 is 1.19 bits per heavy atom. The van der Waals surface area contributed by atoms with Gasteiger partial charge >= 0.3 is 0 Å². The summed E-state index contributed by atoms with van der Waals surface area (Å²) < 4.78 is 0. The Bertz CT molecular complexity index is 644. The highest BCUT2D eigenvalue weighted by atomic mass is 32.2. The van der Waals surface area contributed by atoms with Crippen LogP contribution in [-0.2, 0) is 6.54 Å². The Kier molecular flexibility index (Phi) is 5.13. The Balaban J connectivity index is 2.26. The molecule has 0 saturated heterocycles. The Morgan fingerprint density at radius 2 is 1.90 bits per heavy atom. The smallest absolute Gasteiger partial charge is 0.103 e. The number of nitrogen functional groups attached to an aromatic ring is 1. The minimum Gasteiger partial charge on any atom is -0.399 e. The van der Waals surface area contributed by atoms with E-state index >= 15 is 0 Å². The highest BCUT2D eigenvalue weighted by Gasteiger charge is 2.12. The van der Waals surface area contributed by atoms with E-state index in [0.29, 0.717) is 0 Å². The summed E-state index contributed by atoms with van der Waals surface area (Å²) in [6.45, 7) is 2.84. The van der Waals surface area contributed by atoms with Gasteiger partial charge in [-0.15, -0.1) is 11.8 Å². The van der Waals surface area contributed by atoms with Crippen molar-refractivity contribution in [1.29, 1.82) is 5.26 Å². The number of hydrogen-bond acceptors (Lipinski definition) is 4. The third kappa shape index (κ3) is 3.71. The molecule has 2 N–H and O–H groups in total. The maximum absolute atomic E-state index is 9.47. The lowest BCUT2D eigenvalue weighted by Gasteiger charge is -2.22. The zero-order valence-electron chi connectivity index (χ0n) is 12.3. The van der Waals surface area contributed by atoms with Crippen LogP contribution in [0, 0.1) is 11.3 Å². The monoisotopic (exact) mass is 297 g/mol. The molecule has 0 radical (unpaired) electrons. The van der Waals surface area contributed by atoms with E-state index in [1.807, 2.05) is 49.5 Å². The lowest BCUT2D eigenvalue weighted by molar-refractivity contribution is 0.918. The van der Waals surface area contributed by atoms with Crippen molar-refractivity contribution in [2.24, 2.45) is 0 Å². The SMILES string of the molecule is CCSc1cccc(N(C)Cc2ccc(N)cc2)c1C#N. The molecule has 0 aliphatic heterocycles. The molecule has 0 unspecified atom stereocenters. The maximum Gasteiger partial charge on any atom is 0.103 e. The molecule has 4 heteroatoms. The molecule has 0 saturated carbocycles. The summed E-state index contributed by atoms with van der Waals surface area (Å²) in [6, 6.07) is 16.2. The summed E-state index contributed by atoms with van der Waals surface area (Å²) >= 11 is 1.70. The van der Waals surface area contributed by atoms with Gasteiger partial charge in [0.05, 0.1) is 11.3 Å². The largest absolute Gasteiger partial charge is 0.399 e. The van der Waals surface area contributed by atoms with Crippen LogP contribution in [0.25, 0.3) is 0 Å². The third-order valence-corrected chi connectivity index (χ3v) is 4.17. The van der Waals surface area contributed by atoms with Crippen LogP contribution in [0.4, 0.5) is 11.4 Å². The zero-order valence-corrected chi connectivity index (χ0v) is 13.2. The van der Waals surface area contributed by atoms with Crippen molar-refractivity contribution in [3.63, 3.8) is 0 Å². The first-order chi connectivity index (χ1) is 10.2. The van der Waals surface area contributed by atoms with Crippen LogP contribution >= 0.6 is 11.8 Å². The van der Waals surface area contributed by atoms with Crippen molar-refractivity contribution < 1.29 is 0 Å². The second-order valence-corrected chi connectivity index (χ2v) is 6.10. The third-order valence-electron chi connectivity index (χ3n) is 3.23. The van der Waals surface area contributed by atoms with Crippen molar-refractivity contribution in [2.45, 2.75) is 18.4 Å². The number of hydrogen-bond donors (Lipinski definition) is 1. The van der Waals surface area contributed by atoms with Crippen molar-refractivity contribution in [3.05, 3.63) is 53.6 Å². The van der Waals surface area contributed by atoms with Gasteiger partial charge in [0.1, 0.15) is 6.07 Å². The molecule has 0 fully saturated rings. The number of anilines is 2. The first-order valence-corrected chi connectivity index (χ1v) is 7.85. The summed E-state index contributed by atoms with van der Waals surface area (Å²) in [5.74, 6) is 0.958. The van der Waals surface area contributed by atoms with Crippen LogP contribution < -0.4 is 10.6 Å². The fourth-order valence-electron chi connectivity index (χ4n) is 2.21. The van der Waals surface area contributed by atoms with Gasteiger partial charge in [-0.25, -0.2) is 0 Å². The molecule has 0 aliphatic carbocycles. The molecule has 2 aromatic carbocycles. The molecule has 2 aromatic rings. The first kappa shape index (κ1) is 15.3. The lowest BCUT2D eigenvalue weighted by atomic mass is 10.1. The average Bonchev–Trinajstić information content (AvgIpc) is 2.49. The molecule has 0 bridgehead atoms. The molecule has 0 spiro atoms. The van der Waals surface area contributed by atoms with Gasteiger partial charge in [-0.05, 0) is 35.6 Å². The Morgan fingerprint density at radius 3 is 2.52 bits per heavy atom. The summed E-state index contributed by atoms with van der Waals surface area (Å²) in [7, 11) is 2.01. The summed E-state index contributed by atoms with van der Waals surface area (Å²) in [5, 5.41) is 9.47. The van der Waals surface area contributed by atoms with Crippen LogP contribution in [0.2, 0.25) is 0 Å². The van der Waals surface area contributed by atoms with Crippen molar-refractivity contribution in [3.8, 4) is 6.07 Å². The predicted octanol–water partition coefficient (Wildman–Crippen LogP) is 3.89. The fraction of sp³-hybridized carbons (Fsp3) is 0.235. The predicted molar refractivity (Wildman–Crippen MR) is 90.5 cm³/mol. The van der Waals surface area contributed by atoms with Gasteiger partial charge in [-0.2, -0.15) is 5.26 Å². The van der Waals surface area contributed by atoms with Crippen LogP contribution in [0.15, 0.2) is 47.4 Å². The van der Waals surface area contributed by atoms with Gasteiger partial charge in [0.25, 0.3) is 0 Å². The van der Waals surface area contributed by atoms with Gasteiger partial charge in [0.15, 0.2) is 0 Å². The number of thioether (sulfide) groups is 1. The maximum atomic E-state index is 9.47. The van der Waals surface area contributed by atoms with Gasteiger partial charge in [-0.3, -0.25) is 0 Å². The van der Waals surface area contributed by atoms with Gasteiger partial charge in [0.2, 0.25) is 0 Å². The summed E-state index contributed by atoms with van der Waals surface area (Å²) in [6.07, 6.45) is 0. The van der Waals surface area contributed by atoms with E-state index in [-0.39, 0.29) is 0 Å². The van der Waals surface area contributed by atoms with Crippen LogP contribution in [-0.4, -0.2) is 12.8 Å². The molecule has 0 heterocycles. The van der Waals surface area contributed by atoms with Crippen molar-refractivity contribution in [1.82, 2.24) is 0 Å². The first-order valence-electron chi connectivity index (χ1n) is 6.87. The minimum atomic E-state index is 0.745. The quantitative estimate of drug-likeness (QED) is 0.672. The highest BCUT2D eigenvalue weighted by molar-refractivity contribution is 7.99. The Labute approximate surface area is 130 Å². The summed E-state index contributed by atoms with van der Waals surface area (Å²) in [5.41, 5.74) is 9.36. The van der Waals surface area contributed by atoms with Gasteiger partial charge in [0, 0.05) is 24.2 Å². The van der Waals surface area contributed by atoms with Crippen molar-refractivity contribution >= 4 is 23.1 Å². The van der Waals surface area contributed by atoms with Gasteiger partial charge < -0.3 is 10.6 Å². The molecule has 21 heavy (non-hydrogen) atoms. The normalized spacial score (nSPS) is 10.1. The second kappa shape index (κ2) is 7.05. The number of nitrogens with zero attached hydrogens (tertiary/aromatic N) is 2. The molecular formula is C17H19N3S. The van der Waals surface area contributed by atoms with E-state index < -0.39 is 0 Å². The molecule has 3 nitrogen and oxygen atoms in total. The van der Waals surface area contributed by atoms with Crippen LogP contribution in [0.5, 0.6) is 0 Å². The van der Waals surface area contributed by atoms with E-state index in [2.05, 4.69) is 17.9 Å². The van der Waals surface area contributed by atoms with Crippen LogP contribution in [0.1, 0.15) is 18.1 Å². The van der Waals surface area contributed by atoms with Crippen molar-refractivity contribution in [2.75, 3.05) is 23.4 Å². The molecule has 108 valence electrons. The van der Waals surface area contributed by atoms with E-state index in [9.17, 15) is 5.26 Å². The highest BCUT2D eigenvalue weighted by Crippen LogP contribution is 2.30. The van der Waals surface area contributed by atoms with Crippen LogP contribution in [0.3, 0.4) is 0 Å². The number of rotatable bonds is 5. The molecule has 0 aromatic heterocycles. The van der Waals surface area contributed by atoms with E-state index in [0.717, 1.165) is 34.1 Å². The standard InChI is InChI=1S/C17H19N3S/c1-3-21-17-6-4-5-16(15(17)11-18)20(2)12-13-7-9-14(19)10-8-13/h4-10H,3,12,19H2,1-2H3. The molecule has 0 amide bonds.